The highest BCUT2D eigenvalue weighted by Gasteiger charge is 2.23. The Kier molecular flexibility index (Phi) is 6.12. The summed E-state index contributed by atoms with van der Waals surface area (Å²) in [5.74, 6) is -1.50. The van der Waals surface area contributed by atoms with E-state index >= 15 is 4.39 Å². The van der Waals surface area contributed by atoms with Crippen LogP contribution in [0, 0.1) is 5.82 Å². The number of piperazine rings is 1. The molecule has 9 nitrogen and oxygen atoms in total. The van der Waals surface area contributed by atoms with E-state index in [0.717, 1.165) is 19.3 Å². The molecule has 2 amide bonds. The SMILES string of the molecule is CN1CCN(C(=O)c2ccc3c(c2)[nH]c2c(C(N)=O)ccc(-c4cccc(NS(C)(=O)=O)c4F)c23)CC1. The fourth-order valence-corrected chi connectivity index (χ4v) is 5.34. The Balaban J connectivity index is 1.68. The number of anilines is 1. The van der Waals surface area contributed by atoms with Crippen molar-refractivity contribution in [3.63, 3.8) is 0 Å². The highest BCUT2D eigenvalue weighted by molar-refractivity contribution is 7.92. The van der Waals surface area contributed by atoms with Gasteiger partial charge in [0.1, 0.15) is 0 Å². The molecule has 192 valence electrons. The Bertz CT molecular complexity index is 1670. The maximum atomic E-state index is 15.5. The van der Waals surface area contributed by atoms with Gasteiger partial charge in [0, 0.05) is 53.6 Å². The monoisotopic (exact) mass is 523 g/mol. The maximum absolute atomic E-state index is 15.5. The zero-order chi connectivity index (χ0) is 26.5. The smallest absolute Gasteiger partial charge is 0.254 e. The van der Waals surface area contributed by atoms with Crippen LogP contribution in [-0.4, -0.2) is 74.5 Å². The van der Waals surface area contributed by atoms with E-state index in [-0.39, 0.29) is 22.7 Å². The predicted molar refractivity (Wildman–Crippen MR) is 142 cm³/mol. The first-order chi connectivity index (χ1) is 17.5. The number of hydrogen-bond acceptors (Lipinski definition) is 5. The van der Waals surface area contributed by atoms with Gasteiger partial charge in [0.2, 0.25) is 10.0 Å². The zero-order valence-electron chi connectivity index (χ0n) is 20.3. The van der Waals surface area contributed by atoms with Gasteiger partial charge in [-0.3, -0.25) is 14.3 Å². The number of hydrogen-bond donors (Lipinski definition) is 3. The summed E-state index contributed by atoms with van der Waals surface area (Å²) in [6.07, 6.45) is 0.944. The lowest BCUT2D eigenvalue weighted by Crippen LogP contribution is -2.47. The van der Waals surface area contributed by atoms with E-state index in [0.29, 0.717) is 46.0 Å². The molecule has 3 aromatic carbocycles. The largest absolute Gasteiger partial charge is 0.366 e. The van der Waals surface area contributed by atoms with Gasteiger partial charge in [-0.25, -0.2) is 12.8 Å². The standard InChI is InChI=1S/C26H26FN5O4S/c1-31-10-12-32(13-11-31)26(34)15-6-7-18-21(14-15)29-24-19(25(28)33)9-8-16(22(18)24)17-4-3-5-20(23(17)27)30-37(2,35)36/h3-9,14,29-30H,10-13H2,1-2H3,(H2,28,33). The third-order valence-electron chi connectivity index (χ3n) is 6.64. The number of halogens is 1. The van der Waals surface area contributed by atoms with E-state index in [1.807, 2.05) is 7.05 Å². The minimum Gasteiger partial charge on any atom is -0.366 e. The summed E-state index contributed by atoms with van der Waals surface area (Å²) in [6, 6.07) is 12.7. The minimum absolute atomic E-state index is 0.0883. The molecule has 0 bridgehead atoms. The Morgan fingerprint density at radius 1 is 1.03 bits per heavy atom. The van der Waals surface area contributed by atoms with Crippen LogP contribution in [0.25, 0.3) is 32.9 Å². The number of nitrogens with one attached hydrogen (secondary N) is 2. The fourth-order valence-electron chi connectivity index (χ4n) is 4.79. The van der Waals surface area contributed by atoms with E-state index < -0.39 is 21.7 Å². The molecule has 0 saturated carbocycles. The second-order valence-corrected chi connectivity index (χ2v) is 11.0. The van der Waals surface area contributed by atoms with Crippen molar-refractivity contribution in [2.45, 2.75) is 0 Å². The molecule has 37 heavy (non-hydrogen) atoms. The van der Waals surface area contributed by atoms with Crippen molar-refractivity contribution in [1.82, 2.24) is 14.8 Å². The number of nitrogens with two attached hydrogens (primary N) is 1. The fraction of sp³-hybridized carbons (Fsp3) is 0.231. The lowest BCUT2D eigenvalue weighted by atomic mass is 9.96. The average Bonchev–Trinajstić information content (AvgIpc) is 3.23. The summed E-state index contributed by atoms with van der Waals surface area (Å²) in [4.78, 5) is 32.5. The highest BCUT2D eigenvalue weighted by atomic mass is 32.2. The summed E-state index contributed by atoms with van der Waals surface area (Å²) in [5.41, 5.74) is 7.74. The first kappa shape index (κ1) is 24.7. The Hall–Kier alpha value is -3.96. The summed E-state index contributed by atoms with van der Waals surface area (Å²) in [5, 5.41) is 1.21. The van der Waals surface area contributed by atoms with Gasteiger partial charge < -0.3 is 20.5 Å². The number of aromatic nitrogens is 1. The molecule has 1 saturated heterocycles. The van der Waals surface area contributed by atoms with Crippen molar-refractivity contribution >= 4 is 49.3 Å². The molecule has 1 fully saturated rings. The van der Waals surface area contributed by atoms with Gasteiger partial charge in [0.05, 0.1) is 23.0 Å². The Labute approximate surface area is 213 Å². The van der Waals surface area contributed by atoms with Crippen LogP contribution in [0.3, 0.4) is 0 Å². The molecule has 1 aromatic heterocycles. The molecular formula is C26H26FN5O4S. The van der Waals surface area contributed by atoms with E-state index in [1.54, 1.807) is 35.2 Å². The number of carbonyl (C=O) groups excluding carboxylic acids is 2. The lowest BCUT2D eigenvalue weighted by molar-refractivity contribution is 0.0664. The van der Waals surface area contributed by atoms with Gasteiger partial charge in [0.15, 0.2) is 5.82 Å². The lowest BCUT2D eigenvalue weighted by Gasteiger charge is -2.32. The van der Waals surface area contributed by atoms with Crippen LogP contribution in [0.2, 0.25) is 0 Å². The molecule has 4 aromatic rings. The van der Waals surface area contributed by atoms with Crippen LogP contribution >= 0.6 is 0 Å². The summed E-state index contributed by atoms with van der Waals surface area (Å²) < 4.78 is 41.1. The number of amides is 2. The van der Waals surface area contributed by atoms with Gasteiger partial charge in [0.25, 0.3) is 11.8 Å². The van der Waals surface area contributed by atoms with Crippen molar-refractivity contribution in [1.29, 1.82) is 0 Å². The second kappa shape index (κ2) is 9.16. The van der Waals surface area contributed by atoms with Gasteiger partial charge in [-0.2, -0.15) is 0 Å². The summed E-state index contributed by atoms with van der Waals surface area (Å²) in [6.45, 7) is 2.86. The molecular weight excluding hydrogens is 497 g/mol. The maximum Gasteiger partial charge on any atom is 0.254 e. The van der Waals surface area contributed by atoms with Gasteiger partial charge >= 0.3 is 0 Å². The summed E-state index contributed by atoms with van der Waals surface area (Å²) >= 11 is 0. The van der Waals surface area contributed by atoms with E-state index in [1.165, 1.54) is 18.2 Å². The number of carbonyl (C=O) groups is 2. The van der Waals surface area contributed by atoms with E-state index in [4.69, 9.17) is 5.73 Å². The number of likely N-dealkylation sites (N-methyl/N-ethyl adjacent to an activating group) is 1. The van der Waals surface area contributed by atoms with Crippen molar-refractivity contribution in [2.75, 3.05) is 44.2 Å². The van der Waals surface area contributed by atoms with Gasteiger partial charge in [-0.05, 0) is 36.9 Å². The van der Waals surface area contributed by atoms with Crippen molar-refractivity contribution < 1.29 is 22.4 Å². The molecule has 2 heterocycles. The number of sulfonamides is 1. The number of nitrogens with zero attached hydrogens (tertiary/aromatic N) is 2. The molecule has 1 aliphatic rings. The Morgan fingerprint density at radius 2 is 1.76 bits per heavy atom. The van der Waals surface area contributed by atoms with Crippen LogP contribution in [-0.2, 0) is 10.0 Å². The van der Waals surface area contributed by atoms with Crippen molar-refractivity contribution in [2.24, 2.45) is 5.73 Å². The van der Waals surface area contributed by atoms with Crippen LogP contribution in [0.1, 0.15) is 20.7 Å². The number of primary amides is 1. The number of benzene rings is 3. The quantitative estimate of drug-likeness (QED) is 0.371. The van der Waals surface area contributed by atoms with Gasteiger partial charge in [-0.1, -0.05) is 24.3 Å². The van der Waals surface area contributed by atoms with Gasteiger partial charge in [-0.15, -0.1) is 0 Å². The average molecular weight is 524 g/mol. The zero-order valence-corrected chi connectivity index (χ0v) is 21.2. The number of fused-ring (bicyclic) bond motifs is 3. The Morgan fingerprint density at radius 3 is 2.43 bits per heavy atom. The van der Waals surface area contributed by atoms with Crippen LogP contribution in [0.15, 0.2) is 48.5 Å². The van der Waals surface area contributed by atoms with Crippen LogP contribution < -0.4 is 10.5 Å². The van der Waals surface area contributed by atoms with E-state index in [2.05, 4.69) is 14.6 Å². The molecule has 0 unspecified atom stereocenters. The third-order valence-corrected chi connectivity index (χ3v) is 7.23. The summed E-state index contributed by atoms with van der Waals surface area (Å²) in [7, 11) is -1.69. The second-order valence-electron chi connectivity index (χ2n) is 9.30. The molecule has 4 N–H and O–H groups in total. The van der Waals surface area contributed by atoms with Crippen LogP contribution in [0.5, 0.6) is 0 Å². The number of H-pyrrole nitrogens is 1. The van der Waals surface area contributed by atoms with Crippen molar-refractivity contribution in [3.8, 4) is 11.1 Å². The molecule has 1 aliphatic heterocycles. The van der Waals surface area contributed by atoms with Crippen LogP contribution in [0.4, 0.5) is 10.1 Å². The third kappa shape index (κ3) is 4.63. The van der Waals surface area contributed by atoms with Crippen molar-refractivity contribution in [3.05, 3.63) is 65.5 Å². The van der Waals surface area contributed by atoms with E-state index in [9.17, 15) is 18.0 Å². The highest BCUT2D eigenvalue weighted by Crippen LogP contribution is 2.39. The normalized spacial score (nSPS) is 14.8. The predicted octanol–water partition coefficient (Wildman–Crippen LogP) is 2.99. The molecule has 0 atom stereocenters. The number of rotatable bonds is 5. The number of aromatic amines is 1. The first-order valence-corrected chi connectivity index (χ1v) is 13.6. The minimum atomic E-state index is -3.70. The molecule has 11 heteroatoms. The molecule has 0 aliphatic carbocycles. The molecule has 0 spiro atoms. The first-order valence-electron chi connectivity index (χ1n) is 11.7. The molecule has 0 radical (unpaired) electrons. The molecule has 5 rings (SSSR count). The topological polar surface area (TPSA) is 129 Å².